The lowest BCUT2D eigenvalue weighted by Gasteiger charge is -2.17. The van der Waals surface area contributed by atoms with E-state index in [1.165, 1.54) is 20.2 Å². The molecule has 4 N–H and O–H groups in total. The largest absolute Gasteiger partial charge is 0.478 e. The lowest BCUT2D eigenvalue weighted by molar-refractivity contribution is -0.120. The highest BCUT2D eigenvalue weighted by atomic mass is 32.2. The summed E-state index contributed by atoms with van der Waals surface area (Å²) in [6.07, 6.45) is 0. The van der Waals surface area contributed by atoms with E-state index in [9.17, 15) is 18.0 Å². The predicted molar refractivity (Wildman–Crippen MR) is 71.7 cm³/mol. The van der Waals surface area contributed by atoms with Crippen molar-refractivity contribution in [2.75, 3.05) is 26.4 Å². The number of carbonyl (C=O) groups excluding carboxylic acids is 1. The molecule has 0 aliphatic heterocycles. The Morgan fingerprint density at radius 1 is 1.40 bits per heavy atom. The van der Waals surface area contributed by atoms with E-state index in [-0.39, 0.29) is 5.69 Å². The Kier molecular flexibility index (Phi) is 4.69. The molecular weight excluding hydrogens is 286 g/mol. The van der Waals surface area contributed by atoms with E-state index in [2.05, 4.69) is 5.32 Å². The zero-order chi connectivity index (χ0) is 15.5. The molecule has 1 aromatic rings. The van der Waals surface area contributed by atoms with Crippen molar-refractivity contribution in [3.8, 4) is 0 Å². The van der Waals surface area contributed by atoms with Crippen molar-refractivity contribution in [2.45, 2.75) is 4.90 Å². The number of carbonyl (C=O) groups is 2. The molecule has 0 radical (unpaired) electrons. The number of nitrogens with one attached hydrogen (secondary N) is 1. The number of carboxylic acid groups (broad SMARTS) is 1. The van der Waals surface area contributed by atoms with E-state index in [1.807, 2.05) is 0 Å². The number of benzene rings is 1. The number of nitrogens with zero attached hydrogens (tertiary/aromatic N) is 1. The van der Waals surface area contributed by atoms with Crippen molar-refractivity contribution in [3.05, 3.63) is 23.8 Å². The van der Waals surface area contributed by atoms with E-state index < -0.39 is 38.9 Å². The third-order valence-corrected chi connectivity index (χ3v) is 4.41. The number of aromatic carboxylic acids is 1. The summed E-state index contributed by atoms with van der Waals surface area (Å²) in [5.41, 5.74) is 5.21. The van der Waals surface area contributed by atoms with Gasteiger partial charge in [-0.25, -0.2) is 13.2 Å². The summed E-state index contributed by atoms with van der Waals surface area (Å²) < 4.78 is 25.3. The normalized spacial score (nSPS) is 11.3. The minimum atomic E-state index is -4.13. The lowest BCUT2D eigenvalue weighted by Crippen LogP contribution is -2.37. The summed E-state index contributed by atoms with van der Waals surface area (Å²) in [5, 5.41) is 11.3. The molecule has 9 heteroatoms. The molecule has 0 bridgehead atoms. The van der Waals surface area contributed by atoms with Gasteiger partial charge >= 0.3 is 5.97 Å². The Morgan fingerprint density at radius 3 is 2.50 bits per heavy atom. The maximum Gasteiger partial charge on any atom is 0.337 e. The summed E-state index contributed by atoms with van der Waals surface area (Å²) in [6.45, 7) is -0.424. The second kappa shape index (κ2) is 5.88. The van der Waals surface area contributed by atoms with Crippen molar-refractivity contribution < 1.29 is 23.1 Å². The number of likely N-dealkylation sites (N-methyl/N-ethyl adjacent to an activating group) is 2. The Morgan fingerprint density at radius 2 is 2.00 bits per heavy atom. The van der Waals surface area contributed by atoms with Gasteiger partial charge in [-0.05, 0) is 18.2 Å². The van der Waals surface area contributed by atoms with Gasteiger partial charge in [0.05, 0.1) is 17.0 Å². The molecule has 110 valence electrons. The van der Waals surface area contributed by atoms with Gasteiger partial charge in [0.2, 0.25) is 15.9 Å². The molecule has 0 spiro atoms. The lowest BCUT2D eigenvalue weighted by atomic mass is 10.2. The summed E-state index contributed by atoms with van der Waals surface area (Å²) in [5.74, 6) is -1.91. The molecule has 0 saturated heterocycles. The van der Waals surface area contributed by atoms with Gasteiger partial charge in [0.15, 0.2) is 0 Å². The third-order valence-electron chi connectivity index (χ3n) is 2.57. The van der Waals surface area contributed by atoms with Gasteiger partial charge in [-0.1, -0.05) is 0 Å². The molecule has 0 unspecified atom stereocenters. The zero-order valence-corrected chi connectivity index (χ0v) is 11.8. The molecule has 1 amide bonds. The van der Waals surface area contributed by atoms with Crippen LogP contribution in [0, 0.1) is 0 Å². The van der Waals surface area contributed by atoms with Gasteiger partial charge in [0, 0.05) is 19.8 Å². The second-order valence-corrected chi connectivity index (χ2v) is 6.01. The van der Waals surface area contributed by atoms with Crippen molar-refractivity contribution in [3.63, 3.8) is 0 Å². The van der Waals surface area contributed by atoms with Crippen LogP contribution in [0.5, 0.6) is 0 Å². The van der Waals surface area contributed by atoms with Crippen molar-refractivity contribution in [2.24, 2.45) is 0 Å². The first-order valence-corrected chi connectivity index (χ1v) is 6.94. The van der Waals surface area contributed by atoms with Crippen LogP contribution >= 0.6 is 0 Å². The zero-order valence-electron chi connectivity index (χ0n) is 11.0. The van der Waals surface area contributed by atoms with Gasteiger partial charge < -0.3 is 16.2 Å². The Bertz CT molecular complexity index is 641. The quantitative estimate of drug-likeness (QED) is 0.619. The average Bonchev–Trinajstić information content (AvgIpc) is 2.37. The van der Waals surface area contributed by atoms with Gasteiger partial charge in [-0.2, -0.15) is 4.31 Å². The molecule has 0 heterocycles. The van der Waals surface area contributed by atoms with Crippen LogP contribution in [0.15, 0.2) is 23.1 Å². The molecule has 0 atom stereocenters. The number of anilines is 1. The Balaban J connectivity index is 3.31. The van der Waals surface area contributed by atoms with Crippen molar-refractivity contribution in [1.29, 1.82) is 0 Å². The smallest absolute Gasteiger partial charge is 0.337 e. The van der Waals surface area contributed by atoms with Gasteiger partial charge in [0.25, 0.3) is 0 Å². The van der Waals surface area contributed by atoms with Crippen LogP contribution in [0.4, 0.5) is 5.69 Å². The fourth-order valence-corrected chi connectivity index (χ4v) is 2.80. The molecule has 8 nitrogen and oxygen atoms in total. The van der Waals surface area contributed by atoms with Crippen LogP contribution in [0.1, 0.15) is 10.4 Å². The van der Waals surface area contributed by atoms with Gasteiger partial charge in [-0.15, -0.1) is 0 Å². The first kappa shape index (κ1) is 15.9. The maximum atomic E-state index is 12.3. The molecule has 1 rings (SSSR count). The topological polar surface area (TPSA) is 130 Å². The Hall–Kier alpha value is -2.13. The molecule has 0 saturated carbocycles. The minimum Gasteiger partial charge on any atom is -0.478 e. The number of nitrogens with two attached hydrogens (primary N) is 1. The number of nitrogen functional groups attached to an aromatic ring is 1. The monoisotopic (exact) mass is 301 g/mol. The van der Waals surface area contributed by atoms with Crippen LogP contribution in [-0.2, 0) is 14.8 Å². The Labute approximate surface area is 116 Å². The fourth-order valence-electron chi connectivity index (χ4n) is 1.46. The molecular formula is C11H15N3O5S. The SMILES string of the molecule is CNC(=O)CN(C)S(=O)(=O)c1cc(N)ccc1C(=O)O. The van der Waals surface area contributed by atoms with Crippen LogP contribution < -0.4 is 11.1 Å². The number of hydrogen-bond acceptors (Lipinski definition) is 5. The average molecular weight is 301 g/mol. The first-order valence-electron chi connectivity index (χ1n) is 5.50. The van der Waals surface area contributed by atoms with E-state index in [0.29, 0.717) is 0 Å². The van der Waals surface area contributed by atoms with Crippen LogP contribution in [0.2, 0.25) is 0 Å². The summed E-state index contributed by atoms with van der Waals surface area (Å²) in [7, 11) is -1.58. The van der Waals surface area contributed by atoms with Crippen LogP contribution in [0.3, 0.4) is 0 Å². The van der Waals surface area contributed by atoms with E-state index >= 15 is 0 Å². The van der Waals surface area contributed by atoms with Gasteiger partial charge in [-0.3, -0.25) is 4.79 Å². The predicted octanol–water partition coefficient (Wildman–Crippen LogP) is -0.666. The second-order valence-electron chi connectivity index (χ2n) is 4.00. The highest BCUT2D eigenvalue weighted by Crippen LogP contribution is 2.22. The summed E-state index contributed by atoms with van der Waals surface area (Å²) in [6, 6.07) is 3.46. The third kappa shape index (κ3) is 3.25. The van der Waals surface area contributed by atoms with E-state index in [1.54, 1.807) is 0 Å². The number of amides is 1. The molecule has 20 heavy (non-hydrogen) atoms. The number of carboxylic acids is 1. The molecule has 0 aliphatic rings. The van der Waals surface area contributed by atoms with E-state index in [0.717, 1.165) is 16.4 Å². The molecule has 0 aliphatic carbocycles. The number of rotatable bonds is 5. The van der Waals surface area contributed by atoms with Crippen molar-refractivity contribution >= 4 is 27.6 Å². The summed E-state index contributed by atoms with van der Waals surface area (Å²) >= 11 is 0. The van der Waals surface area contributed by atoms with Gasteiger partial charge in [0.1, 0.15) is 0 Å². The minimum absolute atomic E-state index is 0.113. The number of hydrogen-bond donors (Lipinski definition) is 3. The molecule has 0 fully saturated rings. The maximum absolute atomic E-state index is 12.3. The van der Waals surface area contributed by atoms with Crippen molar-refractivity contribution in [1.82, 2.24) is 9.62 Å². The fraction of sp³-hybridized carbons (Fsp3) is 0.273. The van der Waals surface area contributed by atoms with Crippen LogP contribution in [-0.4, -0.2) is 50.3 Å². The summed E-state index contributed by atoms with van der Waals surface area (Å²) in [4.78, 5) is 21.9. The highest BCUT2D eigenvalue weighted by Gasteiger charge is 2.27. The standard InChI is InChI=1S/C11H15N3O5S/c1-13-10(15)6-14(2)20(18,19)9-5-7(12)3-4-8(9)11(16)17/h3-5H,6,12H2,1-2H3,(H,13,15)(H,16,17). The van der Waals surface area contributed by atoms with Crippen LogP contribution in [0.25, 0.3) is 0 Å². The highest BCUT2D eigenvalue weighted by molar-refractivity contribution is 7.89. The molecule has 0 aromatic heterocycles. The van der Waals surface area contributed by atoms with E-state index in [4.69, 9.17) is 10.8 Å². The first-order chi connectivity index (χ1) is 9.20. The molecule has 1 aromatic carbocycles. The number of sulfonamides is 1.